The highest BCUT2D eigenvalue weighted by atomic mass is 35.5. The molecular formula is C18H17ClFNO5. The third kappa shape index (κ3) is 4.64. The van der Waals surface area contributed by atoms with Gasteiger partial charge in [-0.3, -0.25) is 4.79 Å². The molecule has 2 rings (SSSR count). The summed E-state index contributed by atoms with van der Waals surface area (Å²) in [7, 11) is 2.89. The second-order valence-corrected chi connectivity index (χ2v) is 5.63. The number of amides is 1. The van der Waals surface area contributed by atoms with E-state index in [1.807, 2.05) is 0 Å². The molecule has 1 amide bonds. The molecule has 26 heavy (non-hydrogen) atoms. The minimum atomic E-state index is -1.12. The van der Waals surface area contributed by atoms with Gasteiger partial charge in [0.1, 0.15) is 22.9 Å². The van der Waals surface area contributed by atoms with E-state index in [0.29, 0.717) is 5.75 Å². The first-order chi connectivity index (χ1) is 12.3. The standard InChI is InChI=1S/C18H17ClFNO5/c1-10(17(22)21-15-7-4-11(20)8-14(15)19)26-18(23)13-6-5-12(24-2)9-16(13)25-3/h4-10H,1-3H3,(H,21,22). The molecule has 0 radical (unpaired) electrons. The number of halogens is 2. The number of benzene rings is 2. The minimum Gasteiger partial charge on any atom is -0.497 e. The van der Waals surface area contributed by atoms with E-state index in [0.717, 1.165) is 12.1 Å². The zero-order chi connectivity index (χ0) is 19.3. The molecule has 0 saturated carbocycles. The third-order valence-electron chi connectivity index (χ3n) is 3.47. The molecule has 138 valence electrons. The van der Waals surface area contributed by atoms with Gasteiger partial charge in [-0.15, -0.1) is 0 Å². The van der Waals surface area contributed by atoms with Crippen LogP contribution in [0.5, 0.6) is 11.5 Å². The molecule has 0 aromatic heterocycles. The fourth-order valence-corrected chi connectivity index (χ4v) is 2.28. The minimum absolute atomic E-state index is 0.0358. The summed E-state index contributed by atoms with van der Waals surface area (Å²) in [6.07, 6.45) is -1.12. The summed E-state index contributed by atoms with van der Waals surface area (Å²) in [4.78, 5) is 24.5. The molecule has 2 aromatic carbocycles. The van der Waals surface area contributed by atoms with Crippen LogP contribution in [0.4, 0.5) is 10.1 Å². The van der Waals surface area contributed by atoms with Crippen LogP contribution in [0.2, 0.25) is 5.02 Å². The number of hydrogen-bond donors (Lipinski definition) is 1. The Labute approximate surface area is 154 Å². The lowest BCUT2D eigenvalue weighted by molar-refractivity contribution is -0.123. The van der Waals surface area contributed by atoms with E-state index in [1.54, 1.807) is 6.07 Å². The smallest absolute Gasteiger partial charge is 0.342 e. The maximum absolute atomic E-state index is 13.0. The number of esters is 1. The van der Waals surface area contributed by atoms with Crippen LogP contribution < -0.4 is 14.8 Å². The van der Waals surface area contributed by atoms with Gasteiger partial charge in [-0.25, -0.2) is 9.18 Å². The number of nitrogens with one attached hydrogen (secondary N) is 1. The van der Waals surface area contributed by atoms with E-state index in [2.05, 4.69) is 5.32 Å². The molecule has 8 heteroatoms. The van der Waals surface area contributed by atoms with Crippen LogP contribution in [0.3, 0.4) is 0 Å². The predicted octanol–water partition coefficient (Wildman–Crippen LogP) is 3.68. The largest absolute Gasteiger partial charge is 0.497 e. The fourth-order valence-electron chi connectivity index (χ4n) is 2.07. The van der Waals surface area contributed by atoms with Crippen LogP contribution in [0, 0.1) is 5.82 Å². The van der Waals surface area contributed by atoms with Crippen LogP contribution in [-0.2, 0) is 9.53 Å². The van der Waals surface area contributed by atoms with Crippen molar-refractivity contribution in [2.75, 3.05) is 19.5 Å². The summed E-state index contributed by atoms with van der Waals surface area (Å²) in [5.74, 6) is -1.12. The topological polar surface area (TPSA) is 73.9 Å². The van der Waals surface area contributed by atoms with E-state index in [9.17, 15) is 14.0 Å². The predicted molar refractivity (Wildman–Crippen MR) is 94.5 cm³/mol. The van der Waals surface area contributed by atoms with Crippen molar-refractivity contribution in [3.05, 3.63) is 52.8 Å². The first kappa shape index (κ1) is 19.5. The summed E-state index contributed by atoms with van der Waals surface area (Å²) < 4.78 is 28.4. The maximum Gasteiger partial charge on any atom is 0.342 e. The van der Waals surface area contributed by atoms with Gasteiger partial charge in [0.05, 0.1) is 24.9 Å². The van der Waals surface area contributed by atoms with E-state index >= 15 is 0 Å². The Bertz CT molecular complexity index is 827. The van der Waals surface area contributed by atoms with Gasteiger partial charge in [-0.05, 0) is 37.3 Å². The van der Waals surface area contributed by atoms with Gasteiger partial charge in [0.15, 0.2) is 6.10 Å². The van der Waals surface area contributed by atoms with Crippen molar-refractivity contribution in [3.8, 4) is 11.5 Å². The molecule has 0 aliphatic rings. The quantitative estimate of drug-likeness (QED) is 0.773. The van der Waals surface area contributed by atoms with Gasteiger partial charge in [0.2, 0.25) is 0 Å². The SMILES string of the molecule is COc1ccc(C(=O)OC(C)C(=O)Nc2ccc(F)cc2Cl)c(OC)c1. The highest BCUT2D eigenvalue weighted by Gasteiger charge is 2.22. The molecule has 0 fully saturated rings. The van der Waals surface area contributed by atoms with Gasteiger partial charge in [-0.1, -0.05) is 11.6 Å². The van der Waals surface area contributed by atoms with Crippen LogP contribution in [0.15, 0.2) is 36.4 Å². The molecule has 0 spiro atoms. The number of ether oxygens (including phenoxy) is 3. The molecule has 0 saturated heterocycles. The van der Waals surface area contributed by atoms with Crippen LogP contribution in [-0.4, -0.2) is 32.2 Å². The first-order valence-electron chi connectivity index (χ1n) is 7.54. The van der Waals surface area contributed by atoms with E-state index in [-0.39, 0.29) is 22.0 Å². The second-order valence-electron chi connectivity index (χ2n) is 5.23. The summed E-state index contributed by atoms with van der Waals surface area (Å²) in [6.45, 7) is 1.40. The van der Waals surface area contributed by atoms with Gasteiger partial charge < -0.3 is 19.5 Å². The molecule has 1 unspecified atom stereocenters. The average Bonchev–Trinajstić information content (AvgIpc) is 2.63. The maximum atomic E-state index is 13.0. The summed E-state index contributed by atoms with van der Waals surface area (Å²) in [6, 6.07) is 8.11. The summed E-state index contributed by atoms with van der Waals surface area (Å²) >= 11 is 5.86. The Morgan fingerprint density at radius 1 is 1.12 bits per heavy atom. The Hall–Kier alpha value is -2.80. The number of rotatable bonds is 6. The van der Waals surface area contributed by atoms with Crippen LogP contribution >= 0.6 is 11.6 Å². The third-order valence-corrected chi connectivity index (χ3v) is 3.78. The zero-order valence-corrected chi connectivity index (χ0v) is 15.1. The Balaban J connectivity index is 2.07. The van der Waals surface area contributed by atoms with Crippen molar-refractivity contribution in [2.45, 2.75) is 13.0 Å². The Morgan fingerprint density at radius 3 is 2.46 bits per heavy atom. The lowest BCUT2D eigenvalue weighted by Gasteiger charge is -2.15. The highest BCUT2D eigenvalue weighted by molar-refractivity contribution is 6.33. The lowest BCUT2D eigenvalue weighted by atomic mass is 10.2. The molecule has 0 aliphatic carbocycles. The molecule has 1 N–H and O–H groups in total. The number of anilines is 1. The monoisotopic (exact) mass is 381 g/mol. The van der Waals surface area contributed by atoms with Gasteiger partial charge >= 0.3 is 5.97 Å². The fraction of sp³-hybridized carbons (Fsp3) is 0.222. The summed E-state index contributed by atoms with van der Waals surface area (Å²) in [5.41, 5.74) is 0.357. The second kappa shape index (κ2) is 8.53. The van der Waals surface area contributed by atoms with Crippen molar-refractivity contribution >= 4 is 29.2 Å². The van der Waals surface area contributed by atoms with Crippen molar-refractivity contribution in [3.63, 3.8) is 0 Å². The van der Waals surface area contributed by atoms with E-state index < -0.39 is 23.8 Å². The van der Waals surface area contributed by atoms with Crippen molar-refractivity contribution in [1.82, 2.24) is 0 Å². The van der Waals surface area contributed by atoms with Crippen molar-refractivity contribution in [1.29, 1.82) is 0 Å². The van der Waals surface area contributed by atoms with E-state index in [1.165, 1.54) is 39.3 Å². The highest BCUT2D eigenvalue weighted by Crippen LogP contribution is 2.26. The number of methoxy groups -OCH3 is 2. The number of hydrogen-bond acceptors (Lipinski definition) is 5. The first-order valence-corrected chi connectivity index (χ1v) is 7.92. The molecule has 6 nitrogen and oxygen atoms in total. The molecular weight excluding hydrogens is 365 g/mol. The molecule has 0 heterocycles. The Kier molecular flexibility index (Phi) is 6.41. The number of carbonyl (C=O) groups excluding carboxylic acids is 2. The number of carbonyl (C=O) groups is 2. The van der Waals surface area contributed by atoms with Crippen LogP contribution in [0.25, 0.3) is 0 Å². The summed E-state index contributed by atoms with van der Waals surface area (Å²) in [5, 5.41) is 2.51. The van der Waals surface area contributed by atoms with Gasteiger partial charge in [-0.2, -0.15) is 0 Å². The molecule has 0 bridgehead atoms. The zero-order valence-electron chi connectivity index (χ0n) is 14.3. The van der Waals surface area contributed by atoms with Gasteiger partial charge in [0.25, 0.3) is 5.91 Å². The van der Waals surface area contributed by atoms with Crippen molar-refractivity contribution < 1.29 is 28.2 Å². The van der Waals surface area contributed by atoms with Gasteiger partial charge in [0, 0.05) is 6.07 Å². The molecule has 1 atom stereocenters. The molecule has 2 aromatic rings. The lowest BCUT2D eigenvalue weighted by Crippen LogP contribution is -2.30. The Morgan fingerprint density at radius 2 is 1.85 bits per heavy atom. The van der Waals surface area contributed by atoms with E-state index in [4.69, 9.17) is 25.8 Å². The normalized spacial score (nSPS) is 11.4. The average molecular weight is 382 g/mol. The van der Waals surface area contributed by atoms with Crippen LogP contribution in [0.1, 0.15) is 17.3 Å². The molecule has 0 aliphatic heterocycles. The van der Waals surface area contributed by atoms with Crippen molar-refractivity contribution in [2.24, 2.45) is 0 Å².